The van der Waals surface area contributed by atoms with Crippen molar-refractivity contribution >= 4 is 40.6 Å². The third-order valence-electron chi connectivity index (χ3n) is 3.06. The first-order valence-electron chi connectivity index (χ1n) is 6.61. The number of nitrogens with one attached hydrogen (secondary N) is 1. The summed E-state index contributed by atoms with van der Waals surface area (Å²) in [6.07, 6.45) is 0. The van der Waals surface area contributed by atoms with Crippen LogP contribution in [-0.4, -0.2) is 12.6 Å². The van der Waals surface area contributed by atoms with E-state index in [-0.39, 0.29) is 6.03 Å². The lowest BCUT2D eigenvalue weighted by Crippen LogP contribution is -2.35. The molecule has 110 valence electrons. The van der Waals surface area contributed by atoms with Crippen molar-refractivity contribution in [1.82, 2.24) is 0 Å². The van der Waals surface area contributed by atoms with Crippen LogP contribution >= 0.6 is 23.2 Å². The van der Waals surface area contributed by atoms with Crippen molar-refractivity contribution in [3.8, 4) is 0 Å². The Labute approximate surface area is 134 Å². The second-order valence-electron chi connectivity index (χ2n) is 4.64. The molecule has 5 heteroatoms. The number of carbonyl (C=O) groups excluding carboxylic acids is 1. The molecule has 0 fully saturated rings. The molecule has 0 aliphatic carbocycles. The SMILES string of the molecule is CCN(C(=O)Nc1ccc(C)cc1)c1cc(Cl)ccc1Cl. The molecular weight excluding hydrogens is 307 g/mol. The molecule has 0 heterocycles. The summed E-state index contributed by atoms with van der Waals surface area (Å²) in [4.78, 5) is 14.0. The molecule has 0 radical (unpaired) electrons. The quantitative estimate of drug-likeness (QED) is 0.810. The number of aryl methyl sites for hydroxylation is 1. The lowest BCUT2D eigenvalue weighted by Gasteiger charge is -2.23. The third-order valence-corrected chi connectivity index (χ3v) is 3.62. The van der Waals surface area contributed by atoms with Crippen LogP contribution in [0.4, 0.5) is 16.2 Å². The van der Waals surface area contributed by atoms with Crippen LogP contribution in [0.1, 0.15) is 12.5 Å². The van der Waals surface area contributed by atoms with Crippen LogP contribution in [0.3, 0.4) is 0 Å². The average molecular weight is 323 g/mol. The van der Waals surface area contributed by atoms with Crippen molar-refractivity contribution in [3.63, 3.8) is 0 Å². The number of carbonyl (C=O) groups is 1. The molecule has 0 saturated carbocycles. The molecule has 0 aromatic heterocycles. The summed E-state index contributed by atoms with van der Waals surface area (Å²) in [6, 6.07) is 12.4. The Hall–Kier alpha value is -1.71. The molecule has 1 N–H and O–H groups in total. The average Bonchev–Trinajstić information content (AvgIpc) is 2.46. The van der Waals surface area contributed by atoms with Gasteiger partial charge >= 0.3 is 6.03 Å². The zero-order valence-electron chi connectivity index (χ0n) is 11.9. The Kier molecular flexibility index (Phi) is 5.10. The number of benzene rings is 2. The Morgan fingerprint density at radius 3 is 2.43 bits per heavy atom. The first kappa shape index (κ1) is 15.7. The van der Waals surface area contributed by atoms with Gasteiger partial charge in [-0.15, -0.1) is 0 Å². The van der Waals surface area contributed by atoms with E-state index >= 15 is 0 Å². The van der Waals surface area contributed by atoms with E-state index in [2.05, 4.69) is 5.32 Å². The number of rotatable bonds is 3. The maximum atomic E-state index is 12.4. The van der Waals surface area contributed by atoms with E-state index in [4.69, 9.17) is 23.2 Å². The molecule has 2 aromatic carbocycles. The normalized spacial score (nSPS) is 10.3. The van der Waals surface area contributed by atoms with Crippen LogP contribution < -0.4 is 10.2 Å². The van der Waals surface area contributed by atoms with Gasteiger partial charge in [0.25, 0.3) is 0 Å². The molecule has 2 rings (SSSR count). The van der Waals surface area contributed by atoms with Crippen LogP contribution in [0.2, 0.25) is 10.0 Å². The molecule has 0 aliphatic heterocycles. The molecule has 0 saturated heterocycles. The molecular formula is C16H16Cl2N2O. The van der Waals surface area contributed by atoms with Crippen LogP contribution in [0.15, 0.2) is 42.5 Å². The van der Waals surface area contributed by atoms with E-state index in [1.165, 1.54) is 0 Å². The highest BCUT2D eigenvalue weighted by Gasteiger charge is 2.17. The molecule has 0 atom stereocenters. The van der Waals surface area contributed by atoms with Crippen molar-refractivity contribution in [2.45, 2.75) is 13.8 Å². The molecule has 2 aromatic rings. The molecule has 2 amide bonds. The highest BCUT2D eigenvalue weighted by Crippen LogP contribution is 2.29. The number of hydrogen-bond acceptors (Lipinski definition) is 1. The van der Waals surface area contributed by atoms with Gasteiger partial charge in [0.1, 0.15) is 0 Å². The van der Waals surface area contributed by atoms with Crippen LogP contribution in [0, 0.1) is 6.92 Å². The van der Waals surface area contributed by atoms with E-state index in [1.807, 2.05) is 38.1 Å². The van der Waals surface area contributed by atoms with E-state index in [0.717, 1.165) is 11.3 Å². The van der Waals surface area contributed by atoms with E-state index in [0.29, 0.717) is 22.3 Å². The van der Waals surface area contributed by atoms with Gasteiger partial charge in [-0.2, -0.15) is 0 Å². The molecule has 0 bridgehead atoms. The smallest absolute Gasteiger partial charge is 0.308 e. The number of hydrogen-bond donors (Lipinski definition) is 1. The van der Waals surface area contributed by atoms with E-state index in [9.17, 15) is 4.79 Å². The first-order valence-corrected chi connectivity index (χ1v) is 7.37. The molecule has 0 unspecified atom stereocenters. The monoisotopic (exact) mass is 322 g/mol. The predicted octanol–water partition coefficient (Wildman–Crippen LogP) is 5.36. The van der Waals surface area contributed by atoms with Crippen molar-refractivity contribution in [2.24, 2.45) is 0 Å². The second kappa shape index (κ2) is 6.83. The van der Waals surface area contributed by atoms with Gasteiger partial charge in [-0.25, -0.2) is 4.79 Å². The van der Waals surface area contributed by atoms with Gasteiger partial charge in [-0.1, -0.05) is 40.9 Å². The van der Waals surface area contributed by atoms with Crippen molar-refractivity contribution in [2.75, 3.05) is 16.8 Å². The van der Waals surface area contributed by atoms with Gasteiger partial charge in [0.05, 0.1) is 10.7 Å². The van der Waals surface area contributed by atoms with Gasteiger partial charge in [0.2, 0.25) is 0 Å². The van der Waals surface area contributed by atoms with Crippen molar-refractivity contribution < 1.29 is 4.79 Å². The summed E-state index contributed by atoms with van der Waals surface area (Å²) >= 11 is 12.1. The van der Waals surface area contributed by atoms with Gasteiger partial charge < -0.3 is 5.32 Å². The number of amides is 2. The fourth-order valence-electron chi connectivity index (χ4n) is 1.94. The summed E-state index contributed by atoms with van der Waals surface area (Å²) in [5.74, 6) is 0. The van der Waals surface area contributed by atoms with E-state index in [1.54, 1.807) is 23.1 Å². The Bertz CT molecular complexity index is 641. The van der Waals surface area contributed by atoms with Crippen molar-refractivity contribution in [1.29, 1.82) is 0 Å². The van der Waals surface area contributed by atoms with Gasteiger partial charge in [-0.05, 0) is 44.2 Å². The second-order valence-corrected chi connectivity index (χ2v) is 5.48. The Morgan fingerprint density at radius 1 is 1.14 bits per heavy atom. The maximum absolute atomic E-state index is 12.4. The molecule has 21 heavy (non-hydrogen) atoms. The first-order chi connectivity index (χ1) is 10.0. The minimum absolute atomic E-state index is 0.245. The number of halogens is 2. The number of urea groups is 1. The lowest BCUT2D eigenvalue weighted by molar-refractivity contribution is 0.257. The maximum Gasteiger partial charge on any atom is 0.326 e. The summed E-state index contributed by atoms with van der Waals surface area (Å²) in [5, 5.41) is 3.87. The molecule has 0 aliphatic rings. The van der Waals surface area contributed by atoms with E-state index < -0.39 is 0 Å². The zero-order chi connectivity index (χ0) is 15.4. The summed E-state index contributed by atoms with van der Waals surface area (Å²) < 4.78 is 0. The van der Waals surface area contributed by atoms with Gasteiger partial charge in [-0.3, -0.25) is 4.90 Å². The van der Waals surface area contributed by atoms with Crippen LogP contribution in [0.5, 0.6) is 0 Å². The van der Waals surface area contributed by atoms with Gasteiger partial charge in [0, 0.05) is 17.3 Å². The Balaban J connectivity index is 2.22. The fourth-order valence-corrected chi connectivity index (χ4v) is 2.33. The standard InChI is InChI=1S/C16H16Cl2N2O/c1-3-20(15-10-12(17)6-9-14(15)18)16(21)19-13-7-4-11(2)5-8-13/h4-10H,3H2,1-2H3,(H,19,21). The van der Waals surface area contributed by atoms with Gasteiger partial charge in [0.15, 0.2) is 0 Å². The lowest BCUT2D eigenvalue weighted by atomic mass is 10.2. The topological polar surface area (TPSA) is 32.3 Å². The summed E-state index contributed by atoms with van der Waals surface area (Å²) in [6.45, 7) is 4.36. The molecule has 3 nitrogen and oxygen atoms in total. The summed E-state index contributed by atoms with van der Waals surface area (Å²) in [5.41, 5.74) is 2.47. The van der Waals surface area contributed by atoms with Crippen LogP contribution in [0.25, 0.3) is 0 Å². The largest absolute Gasteiger partial charge is 0.326 e. The minimum atomic E-state index is -0.245. The number of anilines is 2. The fraction of sp³-hybridized carbons (Fsp3) is 0.188. The minimum Gasteiger partial charge on any atom is -0.308 e. The third kappa shape index (κ3) is 3.90. The van der Waals surface area contributed by atoms with Crippen LogP contribution in [-0.2, 0) is 0 Å². The molecule has 0 spiro atoms. The highest BCUT2D eigenvalue weighted by atomic mass is 35.5. The number of nitrogens with zero attached hydrogens (tertiary/aromatic N) is 1. The van der Waals surface area contributed by atoms with Crippen molar-refractivity contribution in [3.05, 3.63) is 58.1 Å². The highest BCUT2D eigenvalue weighted by molar-refractivity contribution is 6.35. The zero-order valence-corrected chi connectivity index (χ0v) is 13.4. The predicted molar refractivity (Wildman–Crippen MR) is 89.7 cm³/mol. The summed E-state index contributed by atoms with van der Waals surface area (Å²) in [7, 11) is 0. The Morgan fingerprint density at radius 2 is 1.81 bits per heavy atom.